The van der Waals surface area contributed by atoms with Gasteiger partial charge in [-0.3, -0.25) is 0 Å². The lowest BCUT2D eigenvalue weighted by Crippen LogP contribution is -2.28. The van der Waals surface area contributed by atoms with Gasteiger partial charge in [-0.05, 0) is 39.2 Å². The molecule has 0 aromatic carbocycles. The van der Waals surface area contributed by atoms with E-state index in [1.54, 1.807) is 0 Å². The molecule has 0 fully saturated rings. The van der Waals surface area contributed by atoms with Crippen molar-refractivity contribution >= 4 is 0 Å². The van der Waals surface area contributed by atoms with Crippen molar-refractivity contribution in [1.82, 2.24) is 0 Å². The monoisotopic (exact) mass is 205 g/mol. The number of ether oxygens (including phenoxy) is 1. The molecule has 0 unspecified atom stereocenters. The second-order valence-corrected chi connectivity index (χ2v) is 4.33. The van der Waals surface area contributed by atoms with Crippen LogP contribution < -0.4 is 5.73 Å². The van der Waals surface area contributed by atoms with E-state index < -0.39 is 0 Å². The van der Waals surface area contributed by atoms with Crippen molar-refractivity contribution < 1.29 is 9.84 Å². The number of aliphatic hydroxyl groups excluding tert-OH is 1. The Labute approximate surface area is 88.6 Å². The molecule has 0 aliphatic heterocycles. The molecular weight excluding hydrogens is 178 g/mol. The highest BCUT2D eigenvalue weighted by atomic mass is 16.5. The number of hydrogen-bond donors (Lipinski definition) is 2. The van der Waals surface area contributed by atoms with E-state index in [4.69, 9.17) is 15.6 Å². The molecule has 0 radical (unpaired) electrons. The van der Waals surface area contributed by atoms with Gasteiger partial charge in [0.05, 0.1) is 5.60 Å². The predicted octanol–water partition coefficient (Wildman–Crippen LogP) is 1.79. The second-order valence-electron chi connectivity index (χ2n) is 4.33. The zero-order valence-corrected chi connectivity index (χ0v) is 10.3. The first-order valence-electron chi connectivity index (χ1n) is 5.26. The van der Waals surface area contributed by atoms with Crippen LogP contribution in [0.1, 0.15) is 40.5 Å². The fourth-order valence-electron chi connectivity index (χ4n) is 0.991. The normalized spacial score (nSPS) is 11.1. The van der Waals surface area contributed by atoms with Crippen molar-refractivity contribution in [2.45, 2.75) is 46.1 Å². The molecule has 0 atom stereocenters. The van der Waals surface area contributed by atoms with Gasteiger partial charge in [-0.1, -0.05) is 13.8 Å². The summed E-state index contributed by atoms with van der Waals surface area (Å²) < 4.78 is 5.70. The molecule has 3 N–H and O–H groups in total. The molecule has 0 aliphatic carbocycles. The maximum Gasteiger partial charge on any atom is 0.0638 e. The van der Waals surface area contributed by atoms with Crippen molar-refractivity contribution in [1.29, 1.82) is 0 Å². The van der Waals surface area contributed by atoms with Gasteiger partial charge >= 0.3 is 0 Å². The molecular formula is C11H27NO2. The summed E-state index contributed by atoms with van der Waals surface area (Å²) in [5.74, 6) is 0.721. The van der Waals surface area contributed by atoms with Crippen LogP contribution in [-0.2, 0) is 4.74 Å². The van der Waals surface area contributed by atoms with Crippen molar-refractivity contribution in [2.75, 3.05) is 20.3 Å². The average Bonchev–Trinajstić information content (AvgIpc) is 2.06. The Bertz CT molecular complexity index is 114. The summed E-state index contributed by atoms with van der Waals surface area (Å²) in [5, 5.41) is 7.00. The summed E-state index contributed by atoms with van der Waals surface area (Å²) in [4.78, 5) is 0. The van der Waals surface area contributed by atoms with E-state index in [1.165, 1.54) is 0 Å². The minimum atomic E-state index is -0.0381. The highest BCUT2D eigenvalue weighted by molar-refractivity contribution is 4.68. The smallest absolute Gasteiger partial charge is 0.0638 e. The van der Waals surface area contributed by atoms with Gasteiger partial charge in [-0.15, -0.1) is 0 Å². The molecule has 3 heteroatoms. The lowest BCUT2D eigenvalue weighted by Gasteiger charge is -2.25. The average molecular weight is 205 g/mol. The Morgan fingerprint density at radius 1 is 1.29 bits per heavy atom. The summed E-state index contributed by atoms with van der Waals surface area (Å²) in [5.41, 5.74) is 5.43. The minimum Gasteiger partial charge on any atom is -0.400 e. The third-order valence-corrected chi connectivity index (χ3v) is 1.93. The summed E-state index contributed by atoms with van der Waals surface area (Å²) in [6, 6.07) is 0. The summed E-state index contributed by atoms with van der Waals surface area (Å²) in [6.07, 6.45) is 2.07. The number of aliphatic hydroxyl groups is 1. The molecule has 0 saturated carbocycles. The first-order valence-corrected chi connectivity index (χ1v) is 5.26. The van der Waals surface area contributed by atoms with Crippen LogP contribution in [0.3, 0.4) is 0 Å². The van der Waals surface area contributed by atoms with E-state index in [9.17, 15) is 0 Å². The molecule has 0 amide bonds. The highest BCUT2D eigenvalue weighted by Crippen LogP contribution is 2.14. The van der Waals surface area contributed by atoms with E-state index in [0.29, 0.717) is 6.54 Å². The molecule has 0 aliphatic rings. The fourth-order valence-corrected chi connectivity index (χ4v) is 0.991. The van der Waals surface area contributed by atoms with Crippen LogP contribution in [0.2, 0.25) is 0 Å². The van der Waals surface area contributed by atoms with Gasteiger partial charge in [0, 0.05) is 13.7 Å². The van der Waals surface area contributed by atoms with Crippen LogP contribution in [0, 0.1) is 5.92 Å². The van der Waals surface area contributed by atoms with Crippen LogP contribution in [-0.4, -0.2) is 31.0 Å². The predicted molar refractivity (Wildman–Crippen MR) is 61.3 cm³/mol. The second kappa shape index (κ2) is 9.44. The Morgan fingerprint density at radius 3 is 2.14 bits per heavy atom. The molecule has 0 aromatic heterocycles. The maximum atomic E-state index is 7.00. The van der Waals surface area contributed by atoms with Gasteiger partial charge in [-0.2, -0.15) is 0 Å². The van der Waals surface area contributed by atoms with Gasteiger partial charge in [0.1, 0.15) is 0 Å². The molecule has 3 nitrogen and oxygen atoms in total. The largest absolute Gasteiger partial charge is 0.400 e. The van der Waals surface area contributed by atoms with Gasteiger partial charge in [0.25, 0.3) is 0 Å². The Morgan fingerprint density at radius 2 is 1.79 bits per heavy atom. The molecule has 14 heavy (non-hydrogen) atoms. The first kappa shape index (κ1) is 16.3. The number of nitrogens with two attached hydrogens (primary N) is 1. The molecule has 0 saturated heterocycles. The Hall–Kier alpha value is -0.120. The lowest BCUT2D eigenvalue weighted by atomic mass is 10.1. The van der Waals surface area contributed by atoms with Gasteiger partial charge < -0.3 is 15.6 Å². The standard InChI is InChI=1S/C10H23NO.CH4O/c1-9(2)5-8-12-10(3,4)6-7-11;1-2/h9H,5-8,11H2,1-4H3;2H,1H3. The van der Waals surface area contributed by atoms with Crippen LogP contribution in [0.15, 0.2) is 0 Å². The molecule has 0 heterocycles. The Kier molecular flexibility index (Phi) is 11.0. The molecule has 0 aromatic rings. The van der Waals surface area contributed by atoms with Crippen molar-refractivity contribution in [3.63, 3.8) is 0 Å². The first-order chi connectivity index (χ1) is 6.48. The molecule has 0 bridgehead atoms. The topological polar surface area (TPSA) is 55.5 Å². The van der Waals surface area contributed by atoms with E-state index in [0.717, 1.165) is 32.5 Å². The summed E-state index contributed by atoms with van der Waals surface area (Å²) in [7, 11) is 1.00. The quantitative estimate of drug-likeness (QED) is 0.695. The fraction of sp³-hybridized carbons (Fsp3) is 1.00. The summed E-state index contributed by atoms with van der Waals surface area (Å²) >= 11 is 0. The maximum absolute atomic E-state index is 7.00. The molecule has 88 valence electrons. The third-order valence-electron chi connectivity index (χ3n) is 1.93. The van der Waals surface area contributed by atoms with Gasteiger partial charge in [-0.25, -0.2) is 0 Å². The Balaban J connectivity index is 0. The van der Waals surface area contributed by atoms with Crippen molar-refractivity contribution in [3.05, 3.63) is 0 Å². The van der Waals surface area contributed by atoms with E-state index in [1.807, 2.05) is 0 Å². The summed E-state index contributed by atoms with van der Waals surface area (Å²) in [6.45, 7) is 10.2. The number of hydrogen-bond acceptors (Lipinski definition) is 3. The lowest BCUT2D eigenvalue weighted by molar-refractivity contribution is -0.0259. The van der Waals surface area contributed by atoms with Crippen LogP contribution >= 0.6 is 0 Å². The molecule has 0 rings (SSSR count). The molecule has 0 spiro atoms. The van der Waals surface area contributed by atoms with Gasteiger partial charge in [0.15, 0.2) is 0 Å². The van der Waals surface area contributed by atoms with E-state index in [2.05, 4.69) is 27.7 Å². The minimum absolute atomic E-state index is 0.0381. The zero-order valence-electron chi connectivity index (χ0n) is 10.3. The van der Waals surface area contributed by atoms with Gasteiger partial charge in [0.2, 0.25) is 0 Å². The third kappa shape index (κ3) is 11.9. The SMILES string of the molecule is CC(C)CCOC(C)(C)CCN.CO. The van der Waals surface area contributed by atoms with E-state index in [-0.39, 0.29) is 5.60 Å². The zero-order chi connectivity index (χ0) is 11.6. The number of rotatable bonds is 6. The van der Waals surface area contributed by atoms with E-state index >= 15 is 0 Å². The van der Waals surface area contributed by atoms with Crippen LogP contribution in [0.25, 0.3) is 0 Å². The van der Waals surface area contributed by atoms with Crippen LogP contribution in [0.5, 0.6) is 0 Å². The highest BCUT2D eigenvalue weighted by Gasteiger charge is 2.16. The van der Waals surface area contributed by atoms with Crippen molar-refractivity contribution in [3.8, 4) is 0 Å². The van der Waals surface area contributed by atoms with Crippen LogP contribution in [0.4, 0.5) is 0 Å². The van der Waals surface area contributed by atoms with Crippen molar-refractivity contribution in [2.24, 2.45) is 11.7 Å².